The molecule has 6 unspecified atom stereocenters. The molecular formula is C26H35ClN5O9P. The van der Waals surface area contributed by atoms with Crippen molar-refractivity contribution in [1.82, 2.24) is 14.6 Å². The fraction of sp³-hybridized carbons (Fsp3) is 0.538. The minimum Gasteiger partial charge on any atom is -0.464 e. The van der Waals surface area contributed by atoms with Crippen molar-refractivity contribution in [2.75, 3.05) is 18.9 Å². The summed E-state index contributed by atoms with van der Waals surface area (Å²) in [5, 5.41) is 35.0. The van der Waals surface area contributed by atoms with E-state index in [1.807, 2.05) is 13.8 Å². The molecule has 0 bridgehead atoms. The van der Waals surface area contributed by atoms with Crippen LogP contribution in [0.4, 0.5) is 5.82 Å². The molecule has 1 saturated heterocycles. The minimum absolute atomic E-state index is 0.0681. The van der Waals surface area contributed by atoms with Crippen LogP contribution in [0.3, 0.4) is 0 Å². The number of carbonyl (C=O) groups excluding carboxylic acids is 1. The number of rotatable bonds is 13. The van der Waals surface area contributed by atoms with E-state index in [1.165, 1.54) is 37.3 Å². The number of aromatic nitrogens is 2. The maximum Gasteiger partial charge on any atom is 0.459 e. The summed E-state index contributed by atoms with van der Waals surface area (Å²) in [6.45, 7) is 5.90. The Kier molecular flexibility index (Phi) is 10.8. The van der Waals surface area contributed by atoms with E-state index >= 15 is 0 Å². The van der Waals surface area contributed by atoms with Gasteiger partial charge in [0.1, 0.15) is 35.9 Å². The normalized spacial score (nSPS) is 25.9. The zero-order valence-electron chi connectivity index (χ0n) is 23.6. The number of benzene rings is 1. The first-order valence-corrected chi connectivity index (χ1v) is 15.1. The minimum atomic E-state index is -4.43. The molecule has 1 aliphatic heterocycles. The molecule has 2 heterocycles. The molecule has 230 valence electrons. The first-order valence-electron chi connectivity index (χ1n) is 13.2. The lowest BCUT2D eigenvalue weighted by Crippen LogP contribution is -2.57. The molecule has 42 heavy (non-hydrogen) atoms. The molecule has 5 N–H and O–H groups in total. The van der Waals surface area contributed by atoms with Gasteiger partial charge in [-0.15, -0.1) is 0 Å². The standard InChI is InChI=1S/C26H35ClN5O9P/c1-5-17(6-2)13-38-23(34)16(3)31-42(37,41-19-9-7-18(27)8-10-19)39-14-20-22(33)25(4,36)26(15-28,40-20)32-12-11-21(29)30-24(32)35/h7-12,16-17,20,22,33,36H,5-6,13-14H2,1-4H3,(H,31,37)(H2,29,30,35). The summed E-state index contributed by atoms with van der Waals surface area (Å²) in [5.74, 6) is -0.614. The zero-order valence-corrected chi connectivity index (χ0v) is 25.2. The molecule has 0 radical (unpaired) electrons. The van der Waals surface area contributed by atoms with Gasteiger partial charge in [0.25, 0.3) is 5.72 Å². The molecule has 0 spiro atoms. The maximum absolute atomic E-state index is 13.9. The highest BCUT2D eigenvalue weighted by atomic mass is 35.5. The number of aliphatic hydroxyl groups is 2. The molecule has 1 aliphatic rings. The quantitative estimate of drug-likeness (QED) is 0.186. The monoisotopic (exact) mass is 627 g/mol. The van der Waals surface area contributed by atoms with Gasteiger partial charge in [-0.2, -0.15) is 15.3 Å². The summed E-state index contributed by atoms with van der Waals surface area (Å²) >= 11 is 5.93. The predicted molar refractivity (Wildman–Crippen MR) is 151 cm³/mol. The van der Waals surface area contributed by atoms with Gasteiger partial charge in [-0.25, -0.2) is 9.36 Å². The topological polar surface area (TPSA) is 208 Å². The van der Waals surface area contributed by atoms with Crippen molar-refractivity contribution in [1.29, 1.82) is 5.26 Å². The van der Waals surface area contributed by atoms with Crippen LogP contribution in [0, 0.1) is 17.2 Å². The van der Waals surface area contributed by atoms with Crippen molar-refractivity contribution in [2.45, 2.75) is 70.1 Å². The van der Waals surface area contributed by atoms with Crippen LogP contribution in [0.2, 0.25) is 5.02 Å². The molecule has 0 saturated carbocycles. The number of nitrogens with zero attached hydrogens (tertiary/aromatic N) is 3. The van der Waals surface area contributed by atoms with Crippen LogP contribution in [0.15, 0.2) is 41.3 Å². The highest BCUT2D eigenvalue weighted by Crippen LogP contribution is 2.48. The van der Waals surface area contributed by atoms with Crippen molar-refractivity contribution >= 4 is 31.1 Å². The Morgan fingerprint density at radius 2 is 1.98 bits per heavy atom. The molecule has 1 fully saturated rings. The van der Waals surface area contributed by atoms with E-state index in [2.05, 4.69) is 10.1 Å². The average Bonchev–Trinajstić information content (AvgIpc) is 3.14. The van der Waals surface area contributed by atoms with Crippen LogP contribution in [-0.2, 0) is 29.1 Å². The summed E-state index contributed by atoms with van der Waals surface area (Å²) < 4.78 is 36.9. The van der Waals surface area contributed by atoms with Gasteiger partial charge in [-0.3, -0.25) is 13.9 Å². The van der Waals surface area contributed by atoms with Crippen LogP contribution in [-0.4, -0.2) is 62.8 Å². The number of nitrogens with one attached hydrogen (secondary N) is 1. The molecule has 1 aromatic heterocycles. The van der Waals surface area contributed by atoms with Crippen LogP contribution < -0.4 is 21.0 Å². The smallest absolute Gasteiger partial charge is 0.459 e. The lowest BCUT2D eigenvalue weighted by Gasteiger charge is -2.34. The second kappa shape index (κ2) is 13.5. The van der Waals surface area contributed by atoms with E-state index in [0.717, 1.165) is 26.0 Å². The van der Waals surface area contributed by atoms with Crippen molar-refractivity contribution in [2.24, 2.45) is 5.92 Å². The lowest BCUT2D eigenvalue weighted by atomic mass is 9.88. The number of esters is 1. The number of halogens is 1. The van der Waals surface area contributed by atoms with E-state index < -0.39 is 55.6 Å². The van der Waals surface area contributed by atoms with Gasteiger partial charge in [0, 0.05) is 11.2 Å². The van der Waals surface area contributed by atoms with Crippen molar-refractivity contribution < 1.29 is 38.1 Å². The molecule has 0 aliphatic carbocycles. The number of carbonyl (C=O) groups is 1. The second-order valence-electron chi connectivity index (χ2n) is 10.0. The van der Waals surface area contributed by atoms with Gasteiger partial charge >= 0.3 is 19.4 Å². The van der Waals surface area contributed by atoms with Crippen LogP contribution in [0.1, 0.15) is 40.5 Å². The van der Waals surface area contributed by atoms with E-state index in [0.29, 0.717) is 9.59 Å². The Morgan fingerprint density at radius 1 is 1.33 bits per heavy atom. The summed E-state index contributed by atoms with van der Waals surface area (Å²) in [6, 6.07) is 7.58. The summed E-state index contributed by atoms with van der Waals surface area (Å²) in [4.78, 5) is 28.8. The Morgan fingerprint density at radius 3 is 2.55 bits per heavy atom. The molecule has 2 aromatic rings. The lowest BCUT2D eigenvalue weighted by molar-refractivity contribution is -0.151. The number of ether oxygens (including phenoxy) is 2. The van der Waals surface area contributed by atoms with E-state index in [9.17, 15) is 29.6 Å². The molecule has 14 nitrogen and oxygen atoms in total. The highest BCUT2D eigenvalue weighted by Gasteiger charge is 2.65. The number of nitrogens with two attached hydrogens (primary N) is 1. The third-order valence-corrected chi connectivity index (χ3v) is 8.92. The number of nitriles is 1. The Labute approximate surface area is 247 Å². The average molecular weight is 628 g/mol. The van der Waals surface area contributed by atoms with Gasteiger partial charge < -0.3 is 29.9 Å². The molecule has 3 rings (SSSR count). The maximum atomic E-state index is 13.9. The third kappa shape index (κ3) is 7.12. The Balaban J connectivity index is 1.85. The summed E-state index contributed by atoms with van der Waals surface area (Å²) in [7, 11) is -4.43. The summed E-state index contributed by atoms with van der Waals surface area (Å²) in [6.07, 6.45) is -0.631. The molecule has 1 aromatic carbocycles. The third-order valence-electron chi connectivity index (χ3n) is 7.02. The van der Waals surface area contributed by atoms with Gasteiger partial charge in [-0.1, -0.05) is 38.3 Å². The molecular weight excluding hydrogens is 593 g/mol. The Bertz CT molecular complexity index is 1400. The number of aliphatic hydroxyl groups excluding tert-OH is 1. The zero-order chi connectivity index (χ0) is 31.3. The number of anilines is 1. The Hall–Kier alpha value is -3.02. The van der Waals surface area contributed by atoms with Crippen molar-refractivity contribution in [3.63, 3.8) is 0 Å². The van der Waals surface area contributed by atoms with Crippen LogP contribution >= 0.6 is 19.3 Å². The summed E-state index contributed by atoms with van der Waals surface area (Å²) in [5.41, 5.74) is -0.323. The first-order chi connectivity index (χ1) is 19.7. The van der Waals surface area contributed by atoms with Crippen LogP contribution in [0.25, 0.3) is 0 Å². The first kappa shape index (κ1) is 33.5. The highest BCUT2D eigenvalue weighted by molar-refractivity contribution is 7.52. The number of hydrogen-bond donors (Lipinski definition) is 4. The van der Waals surface area contributed by atoms with E-state index in [4.69, 9.17) is 35.9 Å². The van der Waals surface area contributed by atoms with Gasteiger partial charge in [0.15, 0.2) is 5.60 Å². The van der Waals surface area contributed by atoms with E-state index in [-0.39, 0.29) is 24.1 Å². The van der Waals surface area contributed by atoms with Crippen molar-refractivity contribution in [3.05, 3.63) is 52.0 Å². The van der Waals surface area contributed by atoms with E-state index in [1.54, 1.807) is 6.07 Å². The second-order valence-corrected chi connectivity index (χ2v) is 12.1. The van der Waals surface area contributed by atoms with Crippen LogP contribution in [0.5, 0.6) is 5.75 Å². The van der Waals surface area contributed by atoms with Gasteiger partial charge in [-0.05, 0) is 50.1 Å². The SMILES string of the molecule is CCC(CC)COC(=O)C(C)NP(=O)(OCC1OC(C#N)(n2ccc(N)nc2=O)C(C)(O)C1O)Oc1ccc(Cl)cc1. The molecule has 6 atom stereocenters. The largest absolute Gasteiger partial charge is 0.464 e. The van der Waals surface area contributed by atoms with Crippen molar-refractivity contribution in [3.8, 4) is 11.8 Å². The predicted octanol–water partition coefficient (Wildman–Crippen LogP) is 2.33. The molecule has 0 amide bonds. The van der Waals surface area contributed by atoms with Gasteiger partial charge in [0.2, 0.25) is 0 Å². The molecule has 16 heteroatoms. The van der Waals surface area contributed by atoms with Gasteiger partial charge in [0.05, 0.1) is 13.2 Å². The fourth-order valence-corrected chi connectivity index (χ4v) is 5.90. The fourth-order valence-electron chi connectivity index (χ4n) is 4.28. The number of hydrogen-bond acceptors (Lipinski definition) is 12. The number of nitrogen functional groups attached to an aromatic ring is 1.